The molecule has 0 aromatic rings. The fourth-order valence-corrected chi connectivity index (χ4v) is 0. The second-order valence-corrected chi connectivity index (χ2v) is 0.917. The summed E-state index contributed by atoms with van der Waals surface area (Å²) in [6.45, 7) is -0.278. The molecule has 54 valence electrons. The molecule has 6 nitrogen and oxygen atoms in total. The molecule has 0 fully saturated rings. The van der Waals surface area contributed by atoms with Crippen molar-refractivity contribution in [2.75, 3.05) is 6.54 Å². The van der Waals surface area contributed by atoms with Gasteiger partial charge >= 0.3 is 54.9 Å². The van der Waals surface area contributed by atoms with Crippen molar-refractivity contribution in [2.24, 2.45) is 11.5 Å². The molecule has 0 aliphatic heterocycles. The van der Waals surface area contributed by atoms with Crippen molar-refractivity contribution in [3.63, 3.8) is 0 Å². The van der Waals surface area contributed by atoms with E-state index in [9.17, 15) is 4.79 Å². The van der Waals surface area contributed by atoms with Gasteiger partial charge in [0.05, 0.1) is 6.54 Å². The molecule has 7 heteroatoms. The molecule has 0 heterocycles. The Kier molecular flexibility index (Phi) is 20.0. The Morgan fingerprint density at radius 2 is 1.60 bits per heavy atom. The van der Waals surface area contributed by atoms with Crippen LogP contribution in [0, 0.1) is 0 Å². The fraction of sp³-hybridized carbons (Fsp3) is 0.333. The maximum atomic E-state index is 9.24. The molecule has 0 aliphatic rings. The molecule has 0 aromatic carbocycles. The van der Waals surface area contributed by atoms with Crippen molar-refractivity contribution in [1.82, 2.24) is 0 Å². The Bertz CT molecular complexity index is 103. The third kappa shape index (κ3) is 84.8. The predicted octanol–water partition coefficient (Wildman–Crippen LogP) is -3.06. The summed E-state index contributed by atoms with van der Waals surface area (Å²) in [5, 5.41) is 16.3. The van der Waals surface area contributed by atoms with E-state index in [1.54, 1.807) is 0 Å². The summed E-state index contributed by atoms with van der Waals surface area (Å²) >= 11 is 0. The van der Waals surface area contributed by atoms with Gasteiger partial charge in [-0.25, -0.2) is 0 Å². The molecule has 0 saturated carbocycles. The number of amides is 1. The smallest absolute Gasteiger partial charge is 0.530 e. The Morgan fingerprint density at radius 1 is 1.50 bits per heavy atom. The second kappa shape index (κ2) is 12.0. The molecule has 10 heavy (non-hydrogen) atoms. The average molecular weight is 272 g/mol. The van der Waals surface area contributed by atoms with Crippen LogP contribution in [0.1, 0.15) is 0 Å². The second-order valence-electron chi connectivity index (χ2n) is 0.917. The average Bonchev–Trinajstić information content (AvgIpc) is 1.65. The quantitative estimate of drug-likeness (QED) is 0.436. The molecule has 0 aliphatic carbocycles. The van der Waals surface area contributed by atoms with E-state index in [1.807, 2.05) is 0 Å². The molecule has 0 radical (unpaired) electrons. The minimum Gasteiger partial charge on any atom is -0.530 e. The Balaban J connectivity index is -0.0000000910. The number of carbonyl (C=O) groups excluding carboxylic acids is 1. The SMILES string of the molecule is NC(=O)[O-].NCC(=O)O.[Ba+2]. The van der Waals surface area contributed by atoms with Crippen molar-refractivity contribution >= 4 is 60.9 Å². The third-order valence-corrected chi connectivity index (χ3v) is 0.175. The van der Waals surface area contributed by atoms with Gasteiger partial charge in [0.2, 0.25) is 0 Å². The van der Waals surface area contributed by atoms with Gasteiger partial charge in [-0.3, -0.25) is 4.79 Å². The summed E-state index contributed by atoms with van der Waals surface area (Å²) in [5.41, 5.74) is 8.49. The first-order valence-corrected chi connectivity index (χ1v) is 1.89. The zero-order valence-electron chi connectivity index (χ0n) is 5.24. The van der Waals surface area contributed by atoms with Crippen LogP contribution in [0.2, 0.25) is 0 Å². The normalized spacial score (nSPS) is 6.10. The Hall–Kier alpha value is 0.271. The minimum atomic E-state index is -1.58. The number of hydrogen-bond donors (Lipinski definition) is 3. The van der Waals surface area contributed by atoms with Crippen LogP contribution < -0.4 is 16.6 Å². The zero-order chi connectivity index (χ0) is 7.86. The molecule has 0 bridgehead atoms. The number of carboxylic acid groups (broad SMARTS) is 2. The molecule has 0 aromatic heterocycles. The van der Waals surface area contributed by atoms with Gasteiger partial charge in [0, 0.05) is 0 Å². The van der Waals surface area contributed by atoms with Crippen LogP contribution in [0.3, 0.4) is 0 Å². The van der Waals surface area contributed by atoms with E-state index in [0.29, 0.717) is 0 Å². The maximum absolute atomic E-state index is 9.24. The summed E-state index contributed by atoms with van der Waals surface area (Å²) in [6, 6.07) is 0. The number of nitrogens with two attached hydrogens (primary N) is 2. The van der Waals surface area contributed by atoms with Crippen LogP contribution >= 0.6 is 0 Å². The van der Waals surface area contributed by atoms with Crippen LogP contribution in [-0.2, 0) is 4.79 Å². The van der Waals surface area contributed by atoms with Crippen LogP contribution in [0.25, 0.3) is 0 Å². The number of primary amides is 1. The van der Waals surface area contributed by atoms with Gasteiger partial charge in [0.15, 0.2) is 0 Å². The standard InChI is InChI=1S/C2H5NO2.CH3NO2.Ba/c3-1-2(4)5;2-1(3)4;/h1,3H2,(H,4,5);2H2,(H,3,4);/q;;+2/p-1. The van der Waals surface area contributed by atoms with E-state index in [1.165, 1.54) is 0 Å². The van der Waals surface area contributed by atoms with Crippen LogP contribution in [0.4, 0.5) is 4.79 Å². The van der Waals surface area contributed by atoms with Crippen LogP contribution in [0.5, 0.6) is 0 Å². The van der Waals surface area contributed by atoms with Crippen molar-refractivity contribution in [3.8, 4) is 0 Å². The van der Waals surface area contributed by atoms with Gasteiger partial charge in [-0.15, -0.1) is 0 Å². The Morgan fingerprint density at radius 3 is 1.60 bits per heavy atom. The summed E-state index contributed by atoms with van der Waals surface area (Å²) < 4.78 is 0. The van der Waals surface area contributed by atoms with E-state index in [0.717, 1.165) is 0 Å². The summed E-state index contributed by atoms with van der Waals surface area (Å²) in [6.07, 6.45) is -1.58. The molecule has 0 spiro atoms. The first-order chi connectivity index (χ1) is 4.00. The summed E-state index contributed by atoms with van der Waals surface area (Å²) in [7, 11) is 0. The van der Waals surface area contributed by atoms with Crippen molar-refractivity contribution in [1.29, 1.82) is 0 Å². The maximum Gasteiger partial charge on any atom is 2.00 e. The van der Waals surface area contributed by atoms with Crippen LogP contribution in [0.15, 0.2) is 0 Å². The monoisotopic (exact) mass is 273 g/mol. The van der Waals surface area contributed by atoms with Gasteiger partial charge in [-0.2, -0.15) is 0 Å². The third-order valence-electron chi connectivity index (χ3n) is 0.175. The van der Waals surface area contributed by atoms with Gasteiger partial charge in [0.25, 0.3) is 0 Å². The predicted molar refractivity (Wildman–Crippen MR) is 32.0 cm³/mol. The van der Waals surface area contributed by atoms with E-state index in [-0.39, 0.29) is 55.4 Å². The van der Waals surface area contributed by atoms with Gasteiger partial charge in [-0.1, -0.05) is 0 Å². The molecule has 0 saturated heterocycles. The van der Waals surface area contributed by atoms with Gasteiger partial charge in [0.1, 0.15) is 6.09 Å². The summed E-state index contributed by atoms with van der Waals surface area (Å²) in [5.74, 6) is -0.968. The number of hydrogen-bond acceptors (Lipinski definition) is 4. The molecule has 5 N–H and O–H groups in total. The van der Waals surface area contributed by atoms with Gasteiger partial charge in [-0.05, 0) is 0 Å². The van der Waals surface area contributed by atoms with Crippen molar-refractivity contribution in [2.45, 2.75) is 0 Å². The molecule has 0 unspecified atom stereocenters. The number of carboxylic acids is 1. The van der Waals surface area contributed by atoms with E-state index < -0.39 is 12.1 Å². The fourth-order valence-electron chi connectivity index (χ4n) is 0. The Labute approximate surface area is 97.6 Å². The summed E-state index contributed by atoms with van der Waals surface area (Å²) in [4.78, 5) is 17.9. The molecule has 0 rings (SSSR count). The number of carbonyl (C=O) groups is 2. The first-order valence-electron chi connectivity index (χ1n) is 1.89. The minimum absolute atomic E-state index is 0. The zero-order valence-corrected chi connectivity index (χ0v) is 9.68. The van der Waals surface area contributed by atoms with Crippen molar-refractivity contribution < 1.29 is 19.8 Å². The molecular weight excluding hydrogens is 265 g/mol. The molecular formula is C3H7BaN2O4+. The van der Waals surface area contributed by atoms with Crippen LogP contribution in [-0.4, -0.2) is 72.6 Å². The molecule has 1 amide bonds. The molecule has 0 atom stereocenters. The largest absolute Gasteiger partial charge is 2.00 e. The van der Waals surface area contributed by atoms with E-state index in [2.05, 4.69) is 11.5 Å². The van der Waals surface area contributed by atoms with Gasteiger partial charge < -0.3 is 26.5 Å². The number of rotatable bonds is 1. The number of aliphatic carboxylic acids is 1. The van der Waals surface area contributed by atoms with E-state index in [4.69, 9.17) is 15.0 Å². The van der Waals surface area contributed by atoms with Crippen molar-refractivity contribution in [3.05, 3.63) is 0 Å². The topological polar surface area (TPSA) is 129 Å². The van der Waals surface area contributed by atoms with E-state index >= 15 is 0 Å². The first kappa shape index (κ1) is 16.7.